The number of nitrogens with one attached hydrogen (secondary N) is 1. The quantitative estimate of drug-likeness (QED) is 0.735. The third kappa shape index (κ3) is 2.77. The molecule has 0 aliphatic carbocycles. The van der Waals surface area contributed by atoms with Crippen molar-refractivity contribution in [3.05, 3.63) is 0 Å². The summed E-state index contributed by atoms with van der Waals surface area (Å²) in [5.74, 6) is -0.852. The molecule has 2 rings (SSSR count). The minimum atomic E-state index is -0.859. The van der Waals surface area contributed by atoms with Crippen LogP contribution in [0.4, 0.5) is 0 Å². The predicted octanol–water partition coefficient (Wildman–Crippen LogP) is 0.452. The minimum absolute atomic E-state index is 0.0244. The van der Waals surface area contributed by atoms with Crippen molar-refractivity contribution < 1.29 is 14.7 Å². The molecule has 2 aliphatic rings. The molecule has 1 amide bonds. The number of carbonyl (C=O) groups excluding carboxylic acids is 1. The number of piperidine rings is 2. The van der Waals surface area contributed by atoms with Crippen LogP contribution in [0.2, 0.25) is 0 Å². The molecule has 0 radical (unpaired) electrons. The van der Waals surface area contributed by atoms with E-state index >= 15 is 0 Å². The highest BCUT2D eigenvalue weighted by Crippen LogP contribution is 2.22. The Bertz CT molecular complexity index is 300. The first-order chi connectivity index (χ1) is 8.20. The fraction of sp³-hybridized carbons (Fsp3) is 0.833. The Morgan fingerprint density at radius 2 is 2.00 bits per heavy atom. The summed E-state index contributed by atoms with van der Waals surface area (Å²) < 4.78 is 0. The number of likely N-dealkylation sites (tertiary alicyclic amines) is 1. The number of aliphatic carboxylic acids is 1. The van der Waals surface area contributed by atoms with Gasteiger partial charge in [-0.25, -0.2) is 4.79 Å². The molecule has 5 nitrogen and oxygen atoms in total. The van der Waals surface area contributed by atoms with Gasteiger partial charge in [0, 0.05) is 13.1 Å². The summed E-state index contributed by atoms with van der Waals surface area (Å²) in [5.41, 5.74) is 0. The number of nitrogens with zero attached hydrogens (tertiary/aromatic N) is 1. The molecule has 2 N–H and O–H groups in total. The van der Waals surface area contributed by atoms with Gasteiger partial charge in [0.2, 0.25) is 5.91 Å². The monoisotopic (exact) mass is 240 g/mol. The molecular formula is C12H20N2O3. The van der Waals surface area contributed by atoms with Crippen molar-refractivity contribution in [2.45, 2.75) is 38.1 Å². The van der Waals surface area contributed by atoms with E-state index in [-0.39, 0.29) is 11.8 Å². The minimum Gasteiger partial charge on any atom is -0.480 e. The fourth-order valence-electron chi connectivity index (χ4n) is 2.75. The first-order valence-corrected chi connectivity index (χ1v) is 6.44. The van der Waals surface area contributed by atoms with Gasteiger partial charge >= 0.3 is 5.97 Å². The van der Waals surface area contributed by atoms with Gasteiger partial charge in [-0.05, 0) is 38.6 Å². The largest absolute Gasteiger partial charge is 0.480 e. The Morgan fingerprint density at radius 1 is 1.18 bits per heavy atom. The van der Waals surface area contributed by atoms with Gasteiger partial charge in [0.25, 0.3) is 0 Å². The van der Waals surface area contributed by atoms with E-state index in [0.717, 1.165) is 32.2 Å². The van der Waals surface area contributed by atoms with Crippen LogP contribution in [0.3, 0.4) is 0 Å². The third-order valence-electron chi connectivity index (χ3n) is 3.72. The molecule has 0 aromatic carbocycles. The molecule has 0 aromatic heterocycles. The van der Waals surface area contributed by atoms with Crippen LogP contribution in [0.5, 0.6) is 0 Å². The van der Waals surface area contributed by atoms with E-state index in [2.05, 4.69) is 5.32 Å². The zero-order valence-electron chi connectivity index (χ0n) is 10.0. The number of amides is 1. The molecule has 2 heterocycles. The Hall–Kier alpha value is -1.10. The summed E-state index contributed by atoms with van der Waals surface area (Å²) >= 11 is 0. The van der Waals surface area contributed by atoms with Gasteiger partial charge in [-0.15, -0.1) is 0 Å². The third-order valence-corrected chi connectivity index (χ3v) is 3.72. The van der Waals surface area contributed by atoms with Gasteiger partial charge in [0.15, 0.2) is 0 Å². The van der Waals surface area contributed by atoms with Crippen LogP contribution in [0.1, 0.15) is 32.1 Å². The standard InChI is InChI=1S/C12H20N2O3/c15-11(9-4-3-6-13-8-9)14-7-2-1-5-10(14)12(16)17/h9-10,13H,1-8H2,(H,16,17)/t9?,10-/m1/s1. The average Bonchev–Trinajstić information content (AvgIpc) is 2.39. The van der Waals surface area contributed by atoms with E-state index < -0.39 is 12.0 Å². The summed E-state index contributed by atoms with van der Waals surface area (Å²) in [6.07, 6.45) is 4.32. The molecule has 2 fully saturated rings. The van der Waals surface area contributed by atoms with Gasteiger partial charge in [0.05, 0.1) is 5.92 Å². The van der Waals surface area contributed by atoms with Crippen molar-refractivity contribution >= 4 is 11.9 Å². The molecule has 0 spiro atoms. The first kappa shape index (κ1) is 12.4. The molecule has 5 heteroatoms. The zero-order chi connectivity index (χ0) is 12.3. The maximum Gasteiger partial charge on any atom is 0.326 e. The van der Waals surface area contributed by atoms with E-state index in [4.69, 9.17) is 5.11 Å². The number of carbonyl (C=O) groups is 2. The van der Waals surface area contributed by atoms with E-state index in [9.17, 15) is 9.59 Å². The number of hydrogen-bond acceptors (Lipinski definition) is 3. The molecule has 2 aliphatic heterocycles. The molecule has 0 bridgehead atoms. The second-order valence-electron chi connectivity index (χ2n) is 4.92. The molecule has 2 saturated heterocycles. The van der Waals surface area contributed by atoms with Crippen LogP contribution in [0, 0.1) is 5.92 Å². The molecule has 96 valence electrons. The molecule has 1 unspecified atom stereocenters. The molecular weight excluding hydrogens is 220 g/mol. The lowest BCUT2D eigenvalue weighted by atomic mass is 9.94. The SMILES string of the molecule is O=C(O)[C@H]1CCCCN1C(=O)C1CCCNC1. The topological polar surface area (TPSA) is 69.6 Å². The molecule has 2 atom stereocenters. The lowest BCUT2D eigenvalue weighted by Gasteiger charge is -2.36. The second kappa shape index (κ2) is 5.49. The summed E-state index contributed by atoms with van der Waals surface area (Å²) in [4.78, 5) is 25.0. The fourth-order valence-corrected chi connectivity index (χ4v) is 2.75. The normalized spacial score (nSPS) is 30.0. The molecule has 0 aromatic rings. The lowest BCUT2D eigenvalue weighted by Crippen LogP contribution is -2.52. The van der Waals surface area contributed by atoms with E-state index in [1.807, 2.05) is 0 Å². The maximum absolute atomic E-state index is 12.3. The first-order valence-electron chi connectivity index (χ1n) is 6.44. The summed E-state index contributed by atoms with van der Waals surface area (Å²) in [7, 11) is 0. The van der Waals surface area contributed by atoms with E-state index in [1.54, 1.807) is 4.90 Å². The van der Waals surface area contributed by atoms with E-state index in [0.29, 0.717) is 19.5 Å². The highest BCUT2D eigenvalue weighted by atomic mass is 16.4. The van der Waals surface area contributed by atoms with Crippen LogP contribution in [0.25, 0.3) is 0 Å². The number of carboxylic acid groups (broad SMARTS) is 1. The number of carboxylic acids is 1. The zero-order valence-corrected chi connectivity index (χ0v) is 10.0. The Balaban J connectivity index is 2.02. The maximum atomic E-state index is 12.3. The van der Waals surface area contributed by atoms with Gasteiger partial charge in [0.1, 0.15) is 6.04 Å². The van der Waals surface area contributed by atoms with Crippen LogP contribution < -0.4 is 5.32 Å². The average molecular weight is 240 g/mol. The number of hydrogen-bond donors (Lipinski definition) is 2. The molecule has 17 heavy (non-hydrogen) atoms. The second-order valence-corrected chi connectivity index (χ2v) is 4.92. The lowest BCUT2D eigenvalue weighted by molar-refractivity contribution is -0.154. The Labute approximate surface area is 101 Å². The van der Waals surface area contributed by atoms with Gasteiger partial charge in [-0.1, -0.05) is 0 Å². The van der Waals surface area contributed by atoms with Crippen molar-refractivity contribution in [1.29, 1.82) is 0 Å². The summed E-state index contributed by atoms with van der Waals surface area (Å²) in [5, 5.41) is 12.4. The predicted molar refractivity (Wildman–Crippen MR) is 62.6 cm³/mol. The van der Waals surface area contributed by atoms with Crippen molar-refractivity contribution in [2.75, 3.05) is 19.6 Å². The van der Waals surface area contributed by atoms with Crippen LogP contribution in [0.15, 0.2) is 0 Å². The van der Waals surface area contributed by atoms with E-state index in [1.165, 1.54) is 0 Å². The van der Waals surface area contributed by atoms with Crippen molar-refractivity contribution in [3.63, 3.8) is 0 Å². The summed E-state index contributed by atoms with van der Waals surface area (Å²) in [6, 6.07) is -0.599. The van der Waals surface area contributed by atoms with Crippen LogP contribution in [-0.2, 0) is 9.59 Å². The Morgan fingerprint density at radius 3 is 2.65 bits per heavy atom. The van der Waals surface area contributed by atoms with Crippen molar-refractivity contribution in [2.24, 2.45) is 5.92 Å². The van der Waals surface area contributed by atoms with Crippen molar-refractivity contribution in [1.82, 2.24) is 10.2 Å². The van der Waals surface area contributed by atoms with Gasteiger partial charge in [-0.3, -0.25) is 4.79 Å². The smallest absolute Gasteiger partial charge is 0.326 e. The number of rotatable bonds is 2. The van der Waals surface area contributed by atoms with Crippen LogP contribution >= 0.6 is 0 Å². The highest BCUT2D eigenvalue weighted by molar-refractivity contribution is 5.85. The van der Waals surface area contributed by atoms with Gasteiger partial charge < -0.3 is 15.3 Å². The van der Waals surface area contributed by atoms with Crippen LogP contribution in [-0.4, -0.2) is 47.6 Å². The van der Waals surface area contributed by atoms with Gasteiger partial charge in [-0.2, -0.15) is 0 Å². The Kier molecular flexibility index (Phi) is 3.99. The molecule has 0 saturated carbocycles. The summed E-state index contributed by atoms with van der Waals surface area (Å²) in [6.45, 7) is 2.26. The van der Waals surface area contributed by atoms with Crippen molar-refractivity contribution in [3.8, 4) is 0 Å². The highest BCUT2D eigenvalue weighted by Gasteiger charge is 2.35.